The molecule has 32 heavy (non-hydrogen) atoms. The number of benzene rings is 2. The summed E-state index contributed by atoms with van der Waals surface area (Å²) in [5, 5.41) is 14.8. The zero-order valence-electron chi connectivity index (χ0n) is 17.5. The van der Waals surface area contributed by atoms with Gasteiger partial charge in [-0.15, -0.1) is 11.3 Å². The Bertz CT molecular complexity index is 1450. The minimum Gasteiger partial charge on any atom is -0.480 e. The van der Waals surface area contributed by atoms with Gasteiger partial charge in [-0.3, -0.25) is 9.48 Å². The molecule has 9 heteroatoms. The standard InChI is InChI=1S/C23H21N3O4S2/c1-3-18(23(27)28)26-13-21-22(32(26,29)30)11-20(31-21)15-6-4-14(5-7-15)16-8-9-17-12-24-25(2)19(17)10-16/h4-12,18H,3,13H2,1-2H3,(H,27,28). The average Bonchev–Trinajstić information content (AvgIpc) is 3.43. The predicted molar refractivity (Wildman–Crippen MR) is 124 cm³/mol. The summed E-state index contributed by atoms with van der Waals surface area (Å²) in [4.78, 5) is 13.3. The summed E-state index contributed by atoms with van der Waals surface area (Å²) >= 11 is 1.40. The molecule has 0 fully saturated rings. The largest absolute Gasteiger partial charge is 0.480 e. The molecule has 0 radical (unpaired) electrons. The Kier molecular flexibility index (Phi) is 4.92. The van der Waals surface area contributed by atoms with Crippen LogP contribution in [0.2, 0.25) is 0 Å². The van der Waals surface area contributed by atoms with Gasteiger partial charge in [0, 0.05) is 22.2 Å². The first kappa shape index (κ1) is 20.9. The maximum atomic E-state index is 12.9. The molecule has 0 spiro atoms. The van der Waals surface area contributed by atoms with Crippen LogP contribution >= 0.6 is 11.3 Å². The summed E-state index contributed by atoms with van der Waals surface area (Å²) in [5.74, 6) is -1.12. The second kappa shape index (κ2) is 7.54. The number of carbonyl (C=O) groups is 1. The third kappa shape index (κ3) is 3.24. The molecule has 0 amide bonds. The van der Waals surface area contributed by atoms with Gasteiger partial charge in [-0.05, 0) is 35.2 Å². The Labute approximate surface area is 189 Å². The van der Waals surface area contributed by atoms with Crippen LogP contribution in [0.25, 0.3) is 32.5 Å². The van der Waals surface area contributed by atoms with Crippen molar-refractivity contribution in [2.75, 3.05) is 0 Å². The van der Waals surface area contributed by atoms with E-state index in [1.807, 2.05) is 48.3 Å². The number of thiophene rings is 1. The SMILES string of the molecule is CCC(C(=O)O)N1Cc2sc(-c3ccc(-c4ccc5cnn(C)c5c4)cc3)cc2S1(=O)=O. The number of aliphatic carboxylic acids is 1. The van der Waals surface area contributed by atoms with Gasteiger partial charge in [-0.1, -0.05) is 43.3 Å². The summed E-state index contributed by atoms with van der Waals surface area (Å²) in [6.45, 7) is 1.79. The number of hydrogen-bond donors (Lipinski definition) is 1. The van der Waals surface area contributed by atoms with E-state index in [0.717, 1.165) is 36.8 Å². The molecule has 164 valence electrons. The fourth-order valence-electron chi connectivity index (χ4n) is 4.17. The van der Waals surface area contributed by atoms with Gasteiger partial charge in [0.2, 0.25) is 10.0 Å². The zero-order chi connectivity index (χ0) is 22.6. The van der Waals surface area contributed by atoms with E-state index in [1.165, 1.54) is 11.3 Å². The molecule has 1 atom stereocenters. The van der Waals surface area contributed by atoms with Gasteiger partial charge in [0.1, 0.15) is 6.04 Å². The number of hydrogen-bond acceptors (Lipinski definition) is 5. The van der Waals surface area contributed by atoms with Crippen molar-refractivity contribution < 1.29 is 18.3 Å². The van der Waals surface area contributed by atoms with Gasteiger partial charge in [0.15, 0.2) is 0 Å². The lowest BCUT2D eigenvalue weighted by atomic mass is 10.0. The van der Waals surface area contributed by atoms with Crippen LogP contribution in [0, 0.1) is 0 Å². The molecule has 1 N–H and O–H groups in total. The van der Waals surface area contributed by atoms with Crippen molar-refractivity contribution >= 4 is 38.2 Å². The highest BCUT2D eigenvalue weighted by Crippen LogP contribution is 2.42. The molecule has 5 rings (SSSR count). The number of rotatable bonds is 5. The molecular formula is C23H21N3O4S2. The number of fused-ring (bicyclic) bond motifs is 2. The normalized spacial score (nSPS) is 16.3. The summed E-state index contributed by atoms with van der Waals surface area (Å²) < 4.78 is 28.8. The third-order valence-corrected chi connectivity index (χ3v) is 9.15. The molecule has 1 unspecified atom stereocenters. The second-order valence-electron chi connectivity index (χ2n) is 7.83. The lowest BCUT2D eigenvalue weighted by Crippen LogP contribution is -2.40. The summed E-state index contributed by atoms with van der Waals surface area (Å²) in [6.07, 6.45) is 2.06. The fraction of sp³-hybridized carbons (Fsp3) is 0.217. The Hall–Kier alpha value is -3.01. The number of sulfonamides is 1. The molecule has 2 aromatic carbocycles. The molecule has 4 aromatic rings. The first-order chi connectivity index (χ1) is 15.3. The third-order valence-electron chi connectivity index (χ3n) is 5.93. The van der Waals surface area contributed by atoms with Crippen LogP contribution in [0.4, 0.5) is 0 Å². The topological polar surface area (TPSA) is 92.5 Å². The van der Waals surface area contributed by atoms with Crippen molar-refractivity contribution in [3.8, 4) is 21.6 Å². The van der Waals surface area contributed by atoms with E-state index in [2.05, 4.69) is 17.2 Å². The number of aromatic nitrogens is 2. The van der Waals surface area contributed by atoms with E-state index >= 15 is 0 Å². The molecule has 0 saturated carbocycles. The predicted octanol–water partition coefficient (Wildman–Crippen LogP) is 4.34. The minimum atomic E-state index is -3.81. The molecule has 3 heterocycles. The van der Waals surface area contributed by atoms with Gasteiger partial charge < -0.3 is 5.11 Å². The minimum absolute atomic E-state index is 0.107. The number of carboxylic acid groups (broad SMARTS) is 1. The first-order valence-corrected chi connectivity index (χ1v) is 12.4. The number of carboxylic acids is 1. The van der Waals surface area contributed by atoms with Gasteiger partial charge >= 0.3 is 5.97 Å². The van der Waals surface area contributed by atoms with Gasteiger partial charge in [-0.25, -0.2) is 8.42 Å². The van der Waals surface area contributed by atoms with Crippen LogP contribution in [0.3, 0.4) is 0 Å². The van der Waals surface area contributed by atoms with Crippen molar-refractivity contribution in [2.24, 2.45) is 7.05 Å². The van der Waals surface area contributed by atoms with E-state index < -0.39 is 22.0 Å². The monoisotopic (exact) mass is 467 g/mol. The molecule has 1 aliphatic rings. The number of nitrogens with zero attached hydrogens (tertiary/aromatic N) is 3. The Morgan fingerprint density at radius 1 is 1.12 bits per heavy atom. The zero-order valence-corrected chi connectivity index (χ0v) is 19.2. The quantitative estimate of drug-likeness (QED) is 0.471. The highest BCUT2D eigenvalue weighted by molar-refractivity contribution is 7.89. The van der Waals surface area contributed by atoms with Gasteiger partial charge in [0.05, 0.1) is 23.2 Å². The summed E-state index contributed by atoms with van der Waals surface area (Å²) in [5.41, 5.74) is 4.13. The Morgan fingerprint density at radius 3 is 2.47 bits per heavy atom. The highest BCUT2D eigenvalue weighted by atomic mass is 32.2. The number of aryl methyl sites for hydroxylation is 1. The van der Waals surface area contributed by atoms with Crippen molar-refractivity contribution in [3.05, 3.63) is 59.6 Å². The van der Waals surface area contributed by atoms with Crippen LogP contribution in [0.1, 0.15) is 18.2 Å². The molecule has 1 aliphatic heterocycles. The van der Waals surface area contributed by atoms with E-state index in [4.69, 9.17) is 0 Å². The maximum Gasteiger partial charge on any atom is 0.322 e. The van der Waals surface area contributed by atoms with E-state index in [1.54, 1.807) is 13.0 Å². The summed E-state index contributed by atoms with van der Waals surface area (Å²) in [6, 6.07) is 14.9. The van der Waals surface area contributed by atoms with Crippen LogP contribution in [0.5, 0.6) is 0 Å². The summed E-state index contributed by atoms with van der Waals surface area (Å²) in [7, 11) is -1.89. The van der Waals surface area contributed by atoms with Crippen molar-refractivity contribution in [3.63, 3.8) is 0 Å². The van der Waals surface area contributed by atoms with Crippen LogP contribution in [-0.2, 0) is 28.4 Å². The lowest BCUT2D eigenvalue weighted by Gasteiger charge is -2.21. The molecular weight excluding hydrogens is 446 g/mol. The molecule has 0 bridgehead atoms. The molecule has 2 aromatic heterocycles. The highest BCUT2D eigenvalue weighted by Gasteiger charge is 2.43. The lowest BCUT2D eigenvalue weighted by molar-refractivity contribution is -0.141. The van der Waals surface area contributed by atoms with Crippen LogP contribution in [0.15, 0.2) is 59.6 Å². The molecule has 0 aliphatic carbocycles. The second-order valence-corrected chi connectivity index (χ2v) is 10.8. The van der Waals surface area contributed by atoms with Crippen LogP contribution in [-0.4, -0.2) is 39.6 Å². The van der Waals surface area contributed by atoms with Gasteiger partial charge in [-0.2, -0.15) is 9.40 Å². The molecule has 7 nitrogen and oxygen atoms in total. The molecule has 0 saturated heterocycles. The van der Waals surface area contributed by atoms with E-state index in [-0.39, 0.29) is 17.9 Å². The Morgan fingerprint density at radius 2 is 1.81 bits per heavy atom. The van der Waals surface area contributed by atoms with Crippen molar-refractivity contribution in [1.29, 1.82) is 0 Å². The smallest absolute Gasteiger partial charge is 0.322 e. The van der Waals surface area contributed by atoms with E-state index in [0.29, 0.717) is 4.88 Å². The first-order valence-electron chi connectivity index (χ1n) is 10.2. The Balaban J connectivity index is 1.44. The average molecular weight is 468 g/mol. The van der Waals surface area contributed by atoms with Crippen LogP contribution < -0.4 is 0 Å². The van der Waals surface area contributed by atoms with E-state index in [9.17, 15) is 18.3 Å². The van der Waals surface area contributed by atoms with Crippen molar-refractivity contribution in [1.82, 2.24) is 14.1 Å². The maximum absolute atomic E-state index is 12.9. The van der Waals surface area contributed by atoms with Crippen molar-refractivity contribution in [2.45, 2.75) is 30.8 Å². The van der Waals surface area contributed by atoms with Gasteiger partial charge in [0.25, 0.3) is 0 Å². The fourth-order valence-corrected chi connectivity index (χ4v) is 7.57.